The van der Waals surface area contributed by atoms with Gasteiger partial charge in [-0.3, -0.25) is 9.59 Å². The molecule has 190 valence electrons. The zero-order chi connectivity index (χ0) is 26.7. The number of carbonyl (C=O) groups is 2. The SMILES string of the molecule is CNC(=O)c1cc2cc(Cn3c(C(=O)O)c(-c4ccc[nH]c4=O)c4c5occc5c(F)cc43)c(F)cc2[nH]1. The van der Waals surface area contributed by atoms with Gasteiger partial charge in [-0.15, -0.1) is 0 Å². The number of carbonyl (C=O) groups excluding carboxylic acids is 1. The van der Waals surface area contributed by atoms with Crippen LogP contribution in [0.15, 0.2) is 64.1 Å². The molecule has 9 nitrogen and oxygen atoms in total. The molecule has 4 aromatic heterocycles. The van der Waals surface area contributed by atoms with Gasteiger partial charge in [0.2, 0.25) is 0 Å². The summed E-state index contributed by atoms with van der Waals surface area (Å²) in [6, 6.07) is 9.79. The minimum absolute atomic E-state index is 0.0272. The van der Waals surface area contributed by atoms with E-state index in [9.17, 15) is 19.5 Å². The standard InChI is InChI=1S/C27H18F2N4O5/c1-30-26(35)19-8-12-7-13(16(28)9-18(12)32-19)11-33-20-10-17(29)14-4-6-38-24(14)22(20)21(23(33)27(36)37)15-3-2-5-31-25(15)34/h2-10,32H,11H2,1H3,(H,30,35)(H,31,34)(H,36,37). The summed E-state index contributed by atoms with van der Waals surface area (Å²) in [6.45, 7) is -0.309. The first-order valence-electron chi connectivity index (χ1n) is 11.4. The third-order valence-corrected chi connectivity index (χ3v) is 6.59. The number of hydrogen-bond donors (Lipinski definition) is 4. The molecular weight excluding hydrogens is 498 g/mol. The van der Waals surface area contributed by atoms with E-state index in [1.54, 1.807) is 6.07 Å². The van der Waals surface area contributed by atoms with Crippen LogP contribution < -0.4 is 10.9 Å². The Hall–Kier alpha value is -5.19. The van der Waals surface area contributed by atoms with Gasteiger partial charge < -0.3 is 29.4 Å². The number of benzene rings is 2. The molecule has 0 aliphatic carbocycles. The van der Waals surface area contributed by atoms with E-state index in [-0.39, 0.29) is 62.4 Å². The predicted molar refractivity (Wildman–Crippen MR) is 135 cm³/mol. The van der Waals surface area contributed by atoms with E-state index < -0.39 is 23.2 Å². The monoisotopic (exact) mass is 516 g/mol. The van der Waals surface area contributed by atoms with Crippen LogP contribution in [-0.4, -0.2) is 38.6 Å². The number of nitrogens with one attached hydrogen (secondary N) is 3. The summed E-state index contributed by atoms with van der Waals surface area (Å²) in [5, 5.41) is 13.6. The lowest BCUT2D eigenvalue weighted by Gasteiger charge is -2.11. The van der Waals surface area contributed by atoms with E-state index in [2.05, 4.69) is 15.3 Å². The number of rotatable bonds is 5. The highest BCUT2D eigenvalue weighted by Crippen LogP contribution is 2.40. The lowest BCUT2D eigenvalue weighted by atomic mass is 10.0. The molecule has 0 saturated heterocycles. The van der Waals surface area contributed by atoms with Gasteiger partial charge in [0.05, 0.1) is 34.7 Å². The lowest BCUT2D eigenvalue weighted by Crippen LogP contribution is -2.17. The number of halogens is 2. The summed E-state index contributed by atoms with van der Waals surface area (Å²) in [5.41, 5.74) is 0.0443. The Morgan fingerprint density at radius 3 is 2.68 bits per heavy atom. The third kappa shape index (κ3) is 3.39. The van der Waals surface area contributed by atoms with Crippen LogP contribution in [0.3, 0.4) is 0 Å². The van der Waals surface area contributed by atoms with Crippen LogP contribution >= 0.6 is 0 Å². The average Bonchev–Trinajstić information content (AvgIpc) is 3.60. The number of H-pyrrole nitrogens is 2. The fourth-order valence-corrected chi connectivity index (χ4v) is 4.92. The second-order valence-electron chi connectivity index (χ2n) is 8.74. The zero-order valence-corrected chi connectivity index (χ0v) is 19.7. The Labute approximate surface area is 211 Å². The molecule has 0 unspecified atom stereocenters. The van der Waals surface area contributed by atoms with Gasteiger partial charge in [0.1, 0.15) is 28.6 Å². The Kier molecular flexibility index (Phi) is 5.16. The van der Waals surface area contributed by atoms with E-state index in [0.717, 1.165) is 6.07 Å². The summed E-state index contributed by atoms with van der Waals surface area (Å²) in [5.74, 6) is -3.12. The van der Waals surface area contributed by atoms with Gasteiger partial charge in [0.25, 0.3) is 11.5 Å². The van der Waals surface area contributed by atoms with Crippen LogP contribution in [0.25, 0.3) is 43.9 Å². The molecule has 0 aliphatic rings. The quantitative estimate of drug-likeness (QED) is 0.266. The normalized spacial score (nSPS) is 11.6. The minimum Gasteiger partial charge on any atom is -0.477 e. The topological polar surface area (TPSA) is 133 Å². The maximum absolute atomic E-state index is 15.3. The summed E-state index contributed by atoms with van der Waals surface area (Å²) in [7, 11) is 1.47. The molecule has 4 N–H and O–H groups in total. The molecule has 6 rings (SSSR count). The van der Waals surface area contributed by atoms with Crippen molar-refractivity contribution >= 4 is 44.7 Å². The van der Waals surface area contributed by atoms with Gasteiger partial charge in [-0.2, -0.15) is 0 Å². The predicted octanol–water partition coefficient (Wildman–Crippen LogP) is 4.61. The molecule has 0 spiro atoms. The van der Waals surface area contributed by atoms with E-state index in [4.69, 9.17) is 4.42 Å². The molecule has 0 aliphatic heterocycles. The first-order chi connectivity index (χ1) is 18.3. The first-order valence-corrected chi connectivity index (χ1v) is 11.4. The van der Waals surface area contributed by atoms with Crippen LogP contribution in [0.1, 0.15) is 26.5 Å². The van der Waals surface area contributed by atoms with E-state index in [0.29, 0.717) is 10.9 Å². The maximum atomic E-state index is 15.3. The van der Waals surface area contributed by atoms with E-state index in [1.165, 1.54) is 54.4 Å². The molecule has 0 atom stereocenters. The van der Waals surface area contributed by atoms with Crippen LogP contribution in [0.5, 0.6) is 0 Å². The van der Waals surface area contributed by atoms with Crippen LogP contribution in [0.4, 0.5) is 8.78 Å². The molecule has 1 amide bonds. The summed E-state index contributed by atoms with van der Waals surface area (Å²) >= 11 is 0. The number of carboxylic acids is 1. The Morgan fingerprint density at radius 2 is 1.95 bits per heavy atom. The molecule has 0 radical (unpaired) electrons. The van der Waals surface area contributed by atoms with Gasteiger partial charge in [-0.25, -0.2) is 13.6 Å². The smallest absolute Gasteiger partial charge is 0.353 e. The molecular formula is C27H18F2N4O5. The van der Waals surface area contributed by atoms with Crippen molar-refractivity contribution in [1.82, 2.24) is 19.9 Å². The molecule has 2 aromatic carbocycles. The third-order valence-electron chi connectivity index (χ3n) is 6.59. The maximum Gasteiger partial charge on any atom is 0.353 e. The van der Waals surface area contributed by atoms with Crippen LogP contribution in [-0.2, 0) is 6.54 Å². The van der Waals surface area contributed by atoms with Crippen LogP contribution in [0, 0.1) is 11.6 Å². The van der Waals surface area contributed by atoms with Crippen molar-refractivity contribution in [2.24, 2.45) is 0 Å². The molecule has 0 saturated carbocycles. The van der Waals surface area contributed by atoms with Crippen LogP contribution in [0.2, 0.25) is 0 Å². The van der Waals surface area contributed by atoms with Gasteiger partial charge in [-0.1, -0.05) is 0 Å². The highest BCUT2D eigenvalue weighted by molar-refractivity contribution is 6.17. The van der Waals surface area contributed by atoms with Crippen molar-refractivity contribution in [2.75, 3.05) is 7.05 Å². The number of nitrogens with zero attached hydrogens (tertiary/aromatic N) is 1. The van der Waals surface area contributed by atoms with Crippen molar-refractivity contribution in [3.8, 4) is 11.1 Å². The Bertz CT molecular complexity index is 2000. The number of aromatic nitrogens is 3. The number of amides is 1. The molecule has 6 aromatic rings. The summed E-state index contributed by atoms with van der Waals surface area (Å²) in [4.78, 5) is 42.8. The number of furan rings is 1. The van der Waals surface area contributed by atoms with Gasteiger partial charge in [0, 0.05) is 35.3 Å². The van der Waals surface area contributed by atoms with Crippen molar-refractivity contribution in [1.29, 1.82) is 0 Å². The molecule has 0 bridgehead atoms. The highest BCUT2D eigenvalue weighted by atomic mass is 19.1. The fourth-order valence-electron chi connectivity index (χ4n) is 4.92. The van der Waals surface area contributed by atoms with Crippen molar-refractivity contribution in [2.45, 2.75) is 6.54 Å². The minimum atomic E-state index is -1.40. The second-order valence-corrected chi connectivity index (χ2v) is 8.74. The number of aromatic amines is 2. The van der Waals surface area contributed by atoms with Gasteiger partial charge in [-0.05, 0) is 42.5 Å². The second kappa shape index (κ2) is 8.44. The number of fused-ring (bicyclic) bond motifs is 4. The average molecular weight is 516 g/mol. The summed E-state index contributed by atoms with van der Waals surface area (Å²) in [6.07, 6.45) is 2.68. The largest absolute Gasteiger partial charge is 0.477 e. The number of hydrogen-bond acceptors (Lipinski definition) is 4. The van der Waals surface area contributed by atoms with Crippen molar-refractivity contribution in [3.63, 3.8) is 0 Å². The Morgan fingerprint density at radius 1 is 1.13 bits per heavy atom. The van der Waals surface area contributed by atoms with Crippen molar-refractivity contribution in [3.05, 3.63) is 93.9 Å². The first kappa shape index (κ1) is 23.2. The van der Waals surface area contributed by atoms with Gasteiger partial charge >= 0.3 is 5.97 Å². The molecule has 0 fully saturated rings. The fraction of sp³-hybridized carbons (Fsp3) is 0.0741. The van der Waals surface area contributed by atoms with Crippen molar-refractivity contribution < 1.29 is 27.9 Å². The molecule has 11 heteroatoms. The number of carboxylic acid groups (broad SMARTS) is 1. The molecule has 38 heavy (non-hydrogen) atoms. The van der Waals surface area contributed by atoms with E-state index >= 15 is 8.78 Å². The Balaban J connectivity index is 1.66. The number of pyridine rings is 1. The number of aromatic carboxylic acids is 1. The summed E-state index contributed by atoms with van der Waals surface area (Å²) < 4.78 is 37.2. The zero-order valence-electron chi connectivity index (χ0n) is 19.7. The van der Waals surface area contributed by atoms with Gasteiger partial charge in [0.15, 0.2) is 0 Å². The van der Waals surface area contributed by atoms with E-state index in [1.807, 2.05) is 0 Å². The lowest BCUT2D eigenvalue weighted by molar-refractivity contribution is 0.0686. The molecule has 4 heterocycles. The highest BCUT2D eigenvalue weighted by Gasteiger charge is 2.29.